The van der Waals surface area contributed by atoms with Gasteiger partial charge in [-0.25, -0.2) is 9.50 Å². The molecule has 0 radical (unpaired) electrons. The van der Waals surface area contributed by atoms with E-state index in [1.165, 1.54) is 12.6 Å². The molecule has 2 aliphatic heterocycles. The number of carbonyl (C=O) groups is 1. The highest BCUT2D eigenvalue weighted by Gasteiger charge is 2.29. The lowest BCUT2D eigenvalue weighted by Gasteiger charge is -2.40. The molecule has 0 unspecified atom stereocenters. The Morgan fingerprint density at radius 1 is 1.29 bits per heavy atom. The predicted molar refractivity (Wildman–Crippen MR) is 88.9 cm³/mol. The van der Waals surface area contributed by atoms with Crippen LogP contribution < -0.4 is 5.73 Å². The van der Waals surface area contributed by atoms with Gasteiger partial charge in [0.1, 0.15) is 5.56 Å². The topological polar surface area (TPSA) is 85.8 Å². The first-order valence-corrected chi connectivity index (χ1v) is 8.68. The van der Waals surface area contributed by atoms with Crippen LogP contribution in [0.25, 0.3) is 5.65 Å². The highest BCUT2D eigenvalue weighted by atomic mass is 16.5. The molecule has 2 aliphatic rings. The third-order valence-corrected chi connectivity index (χ3v) is 5.27. The van der Waals surface area contributed by atoms with E-state index in [4.69, 9.17) is 10.5 Å². The minimum atomic E-state index is -0.484. The second-order valence-electron chi connectivity index (χ2n) is 6.71. The number of primary amides is 1. The van der Waals surface area contributed by atoms with Gasteiger partial charge in [0.25, 0.3) is 5.91 Å². The smallest absolute Gasteiger partial charge is 0.254 e. The highest BCUT2D eigenvalue weighted by Crippen LogP contribution is 2.30. The van der Waals surface area contributed by atoms with Crippen LogP contribution >= 0.6 is 0 Å². The number of likely N-dealkylation sites (tertiary alicyclic amines) is 1. The van der Waals surface area contributed by atoms with Crippen molar-refractivity contribution in [3.05, 3.63) is 29.7 Å². The van der Waals surface area contributed by atoms with E-state index in [1.807, 2.05) is 6.07 Å². The Hall–Kier alpha value is -1.99. The fraction of sp³-hybridized carbons (Fsp3) is 0.588. The van der Waals surface area contributed by atoms with Crippen molar-refractivity contribution in [2.24, 2.45) is 5.73 Å². The number of amides is 1. The van der Waals surface area contributed by atoms with Crippen LogP contribution in [0, 0.1) is 0 Å². The van der Waals surface area contributed by atoms with Crippen LogP contribution in [-0.4, -0.2) is 57.8 Å². The lowest BCUT2D eigenvalue weighted by molar-refractivity contribution is 0.0236. The van der Waals surface area contributed by atoms with Gasteiger partial charge in [-0.1, -0.05) is 0 Å². The predicted octanol–water partition coefficient (Wildman–Crippen LogP) is 1.19. The maximum absolute atomic E-state index is 11.5. The number of nitrogens with zero attached hydrogens (tertiary/aromatic N) is 4. The van der Waals surface area contributed by atoms with Crippen LogP contribution in [-0.2, 0) is 4.74 Å². The van der Waals surface area contributed by atoms with Crippen molar-refractivity contribution in [3.8, 4) is 0 Å². The summed E-state index contributed by atoms with van der Waals surface area (Å²) in [4.78, 5) is 18.4. The number of rotatable bonds is 3. The Kier molecular flexibility index (Phi) is 4.20. The van der Waals surface area contributed by atoms with Crippen LogP contribution in [0.15, 0.2) is 18.5 Å². The maximum Gasteiger partial charge on any atom is 0.254 e. The van der Waals surface area contributed by atoms with Gasteiger partial charge in [-0.3, -0.25) is 9.69 Å². The molecule has 0 spiro atoms. The van der Waals surface area contributed by atoms with E-state index < -0.39 is 5.91 Å². The fourth-order valence-electron chi connectivity index (χ4n) is 4.02. The first-order valence-electron chi connectivity index (χ1n) is 8.68. The molecule has 1 amide bonds. The number of ether oxygens (including phenoxy) is 1. The summed E-state index contributed by atoms with van der Waals surface area (Å²) in [6, 6.07) is 2.64. The number of hydrogen-bond donors (Lipinski definition) is 1. The number of carbonyl (C=O) groups excluding carboxylic acids is 1. The molecule has 7 nitrogen and oxygen atoms in total. The molecule has 2 N–H and O–H groups in total. The van der Waals surface area contributed by atoms with E-state index in [1.54, 1.807) is 10.7 Å². The van der Waals surface area contributed by atoms with Crippen LogP contribution in [0.5, 0.6) is 0 Å². The zero-order valence-electron chi connectivity index (χ0n) is 13.7. The number of piperidine rings is 1. The summed E-state index contributed by atoms with van der Waals surface area (Å²) in [5.41, 5.74) is 7.48. The van der Waals surface area contributed by atoms with Crippen molar-refractivity contribution >= 4 is 11.6 Å². The van der Waals surface area contributed by atoms with Gasteiger partial charge in [-0.05, 0) is 38.3 Å². The van der Waals surface area contributed by atoms with Gasteiger partial charge in [0, 0.05) is 37.9 Å². The number of hydrogen-bond acceptors (Lipinski definition) is 5. The Morgan fingerprint density at radius 3 is 2.92 bits per heavy atom. The van der Waals surface area contributed by atoms with Crippen LogP contribution in [0.3, 0.4) is 0 Å². The summed E-state index contributed by atoms with van der Waals surface area (Å²) >= 11 is 0. The van der Waals surface area contributed by atoms with Crippen molar-refractivity contribution < 1.29 is 9.53 Å². The molecule has 24 heavy (non-hydrogen) atoms. The van der Waals surface area contributed by atoms with Crippen molar-refractivity contribution in [1.29, 1.82) is 0 Å². The highest BCUT2D eigenvalue weighted by molar-refractivity contribution is 5.98. The van der Waals surface area contributed by atoms with E-state index in [-0.39, 0.29) is 0 Å². The molecule has 7 heteroatoms. The minimum absolute atomic E-state index is 0.383. The van der Waals surface area contributed by atoms with Gasteiger partial charge < -0.3 is 10.5 Å². The summed E-state index contributed by atoms with van der Waals surface area (Å²) in [6.45, 7) is 3.91. The van der Waals surface area contributed by atoms with Crippen molar-refractivity contribution in [2.45, 2.75) is 37.6 Å². The van der Waals surface area contributed by atoms with Gasteiger partial charge in [-0.2, -0.15) is 5.10 Å². The number of fused-ring (bicyclic) bond motifs is 1. The molecular formula is C17H23N5O2. The number of nitrogens with two attached hydrogens (primary N) is 1. The van der Waals surface area contributed by atoms with Crippen LogP contribution in [0.4, 0.5) is 0 Å². The summed E-state index contributed by atoms with van der Waals surface area (Å²) in [6.07, 6.45) is 7.82. The first-order chi connectivity index (χ1) is 11.7. The third-order valence-electron chi connectivity index (χ3n) is 5.27. The average molecular weight is 329 g/mol. The minimum Gasteiger partial charge on any atom is -0.381 e. The van der Waals surface area contributed by atoms with E-state index in [0.717, 1.165) is 51.3 Å². The Morgan fingerprint density at radius 2 is 2.12 bits per heavy atom. The molecular weight excluding hydrogens is 306 g/mol. The van der Waals surface area contributed by atoms with Crippen molar-refractivity contribution in [1.82, 2.24) is 19.5 Å². The average Bonchev–Trinajstić information content (AvgIpc) is 3.07. The summed E-state index contributed by atoms with van der Waals surface area (Å²) in [5, 5.41) is 4.37. The molecule has 4 rings (SSSR count). The first kappa shape index (κ1) is 15.5. The molecule has 0 aromatic carbocycles. The van der Waals surface area contributed by atoms with Gasteiger partial charge in [0.2, 0.25) is 0 Å². The van der Waals surface area contributed by atoms with E-state index in [0.29, 0.717) is 23.2 Å². The largest absolute Gasteiger partial charge is 0.381 e. The summed E-state index contributed by atoms with van der Waals surface area (Å²) in [5.74, 6) is -0.0881. The summed E-state index contributed by atoms with van der Waals surface area (Å²) < 4.78 is 7.28. The molecule has 0 saturated carbocycles. The van der Waals surface area contributed by atoms with E-state index in [2.05, 4.69) is 15.0 Å². The molecule has 2 aromatic rings. The zero-order chi connectivity index (χ0) is 16.5. The second kappa shape index (κ2) is 6.49. The molecule has 1 atom stereocenters. The van der Waals surface area contributed by atoms with E-state index >= 15 is 0 Å². The zero-order valence-corrected chi connectivity index (χ0v) is 13.7. The van der Waals surface area contributed by atoms with Crippen molar-refractivity contribution in [2.75, 3.05) is 26.3 Å². The molecule has 2 aromatic heterocycles. The van der Waals surface area contributed by atoms with Gasteiger partial charge in [0.05, 0.1) is 11.9 Å². The lowest BCUT2D eigenvalue weighted by atomic mass is 9.92. The van der Waals surface area contributed by atoms with Crippen LogP contribution in [0.1, 0.15) is 47.7 Å². The van der Waals surface area contributed by atoms with Gasteiger partial charge in [0.15, 0.2) is 5.65 Å². The SMILES string of the molecule is NC(=O)c1cnn2c([C@H]3CCCN(C4CCOCC4)C3)ccnc12. The molecule has 2 saturated heterocycles. The summed E-state index contributed by atoms with van der Waals surface area (Å²) in [7, 11) is 0. The quantitative estimate of drug-likeness (QED) is 0.914. The molecule has 128 valence electrons. The van der Waals surface area contributed by atoms with Gasteiger partial charge in [-0.15, -0.1) is 0 Å². The number of aromatic nitrogens is 3. The Bertz CT molecular complexity index is 738. The van der Waals surface area contributed by atoms with Crippen molar-refractivity contribution in [3.63, 3.8) is 0 Å². The monoisotopic (exact) mass is 329 g/mol. The lowest BCUT2D eigenvalue weighted by Crippen LogP contribution is -2.44. The van der Waals surface area contributed by atoms with Crippen LogP contribution in [0.2, 0.25) is 0 Å². The standard InChI is InChI=1S/C17H23N5O2/c18-16(23)14-10-20-22-15(3-6-19-17(14)22)12-2-1-7-21(11-12)13-4-8-24-9-5-13/h3,6,10,12-13H,1-2,4-5,7-9,11H2,(H2,18,23)/t12-/m0/s1. The molecule has 0 aliphatic carbocycles. The second-order valence-corrected chi connectivity index (χ2v) is 6.71. The van der Waals surface area contributed by atoms with Gasteiger partial charge >= 0.3 is 0 Å². The Labute approximate surface area is 140 Å². The molecule has 0 bridgehead atoms. The normalized spacial score (nSPS) is 23.6. The molecule has 4 heterocycles. The maximum atomic E-state index is 11.5. The molecule has 2 fully saturated rings. The van der Waals surface area contributed by atoms with E-state index in [9.17, 15) is 4.79 Å². The fourth-order valence-corrected chi connectivity index (χ4v) is 4.02. The Balaban J connectivity index is 1.61. The third kappa shape index (κ3) is 2.78.